The molecule has 0 bridgehead atoms. The third kappa shape index (κ3) is 5.64. The number of likely N-dealkylation sites (tertiary alicyclic amines) is 1. The summed E-state index contributed by atoms with van der Waals surface area (Å²) in [6, 6.07) is 11.1. The second-order valence-corrected chi connectivity index (χ2v) is 6.19. The first-order valence-electron chi connectivity index (χ1n) is 8.09. The Balaban J connectivity index is 0.00000132. The molecule has 23 heavy (non-hydrogen) atoms. The number of carbonyl (C=O) groups is 1. The van der Waals surface area contributed by atoms with Crippen LogP contribution in [-0.4, -0.2) is 43.0 Å². The number of nitrogens with one attached hydrogen (secondary N) is 2. The number of hydrogen-bond acceptors (Lipinski definition) is 3. The first kappa shape index (κ1) is 20.2. The third-order valence-electron chi connectivity index (χ3n) is 4.67. The van der Waals surface area contributed by atoms with E-state index < -0.39 is 0 Å². The molecule has 0 aliphatic carbocycles. The van der Waals surface area contributed by atoms with Crippen LogP contribution in [0.15, 0.2) is 30.3 Å². The van der Waals surface area contributed by atoms with E-state index in [0.29, 0.717) is 6.04 Å². The van der Waals surface area contributed by atoms with Crippen molar-refractivity contribution in [3.05, 3.63) is 35.9 Å². The Kier molecular flexibility index (Phi) is 8.92. The molecule has 2 heterocycles. The minimum absolute atomic E-state index is 0. The fraction of sp³-hybridized carbons (Fsp3) is 0.588. The highest BCUT2D eigenvalue weighted by atomic mass is 35.5. The highest BCUT2D eigenvalue weighted by molar-refractivity contribution is 5.85. The van der Waals surface area contributed by atoms with E-state index >= 15 is 0 Å². The second kappa shape index (κ2) is 10.1. The van der Waals surface area contributed by atoms with Crippen molar-refractivity contribution in [3.63, 3.8) is 0 Å². The molecule has 0 spiro atoms. The molecule has 1 aromatic carbocycles. The summed E-state index contributed by atoms with van der Waals surface area (Å²) < 4.78 is 0. The van der Waals surface area contributed by atoms with Gasteiger partial charge in [0.2, 0.25) is 5.91 Å². The van der Waals surface area contributed by atoms with Crippen molar-refractivity contribution in [1.29, 1.82) is 0 Å². The predicted octanol–water partition coefficient (Wildman–Crippen LogP) is 2.22. The van der Waals surface area contributed by atoms with Crippen LogP contribution in [0.2, 0.25) is 0 Å². The number of benzene rings is 1. The fourth-order valence-electron chi connectivity index (χ4n) is 3.39. The van der Waals surface area contributed by atoms with Crippen LogP contribution >= 0.6 is 24.8 Å². The van der Waals surface area contributed by atoms with E-state index in [4.69, 9.17) is 0 Å². The highest BCUT2D eigenvalue weighted by Crippen LogP contribution is 2.19. The first-order valence-corrected chi connectivity index (χ1v) is 8.09. The van der Waals surface area contributed by atoms with Gasteiger partial charge in [-0.05, 0) is 37.9 Å². The summed E-state index contributed by atoms with van der Waals surface area (Å²) in [6.45, 7) is 4.74. The summed E-state index contributed by atoms with van der Waals surface area (Å²) in [5.74, 6) is 0.403. The lowest BCUT2D eigenvalue weighted by atomic mass is 10.1. The topological polar surface area (TPSA) is 44.4 Å². The lowest BCUT2D eigenvalue weighted by Gasteiger charge is -2.25. The van der Waals surface area contributed by atoms with Crippen molar-refractivity contribution < 1.29 is 4.79 Å². The minimum atomic E-state index is 0. The fourth-order valence-corrected chi connectivity index (χ4v) is 3.39. The van der Waals surface area contributed by atoms with Gasteiger partial charge in [-0.3, -0.25) is 9.69 Å². The van der Waals surface area contributed by atoms with Crippen LogP contribution in [-0.2, 0) is 11.3 Å². The van der Waals surface area contributed by atoms with Gasteiger partial charge in [-0.25, -0.2) is 0 Å². The number of nitrogens with zero attached hydrogens (tertiary/aromatic N) is 1. The highest BCUT2D eigenvalue weighted by Gasteiger charge is 2.27. The largest absolute Gasteiger partial charge is 0.354 e. The average Bonchev–Trinajstić information content (AvgIpc) is 3.18. The number of carbonyl (C=O) groups excluding carboxylic acids is 1. The summed E-state index contributed by atoms with van der Waals surface area (Å²) in [6.07, 6.45) is 3.40. The van der Waals surface area contributed by atoms with Crippen molar-refractivity contribution in [2.75, 3.05) is 26.2 Å². The molecule has 2 saturated heterocycles. The van der Waals surface area contributed by atoms with E-state index in [1.165, 1.54) is 18.4 Å². The van der Waals surface area contributed by atoms with Crippen LogP contribution in [0, 0.1) is 5.92 Å². The van der Waals surface area contributed by atoms with Crippen molar-refractivity contribution in [2.24, 2.45) is 5.92 Å². The number of halogens is 2. The van der Waals surface area contributed by atoms with Crippen molar-refractivity contribution in [3.8, 4) is 0 Å². The molecule has 2 aliphatic rings. The van der Waals surface area contributed by atoms with Gasteiger partial charge in [0, 0.05) is 25.7 Å². The van der Waals surface area contributed by atoms with Gasteiger partial charge in [0.1, 0.15) is 0 Å². The molecule has 0 aromatic heterocycles. The molecule has 1 amide bonds. The van der Waals surface area contributed by atoms with Gasteiger partial charge >= 0.3 is 0 Å². The molecule has 2 N–H and O–H groups in total. The average molecular weight is 360 g/mol. The zero-order valence-corrected chi connectivity index (χ0v) is 15.0. The second-order valence-electron chi connectivity index (χ2n) is 6.19. The maximum absolute atomic E-state index is 12.1. The van der Waals surface area contributed by atoms with Gasteiger partial charge < -0.3 is 10.6 Å². The molecule has 4 nitrogen and oxygen atoms in total. The molecule has 2 unspecified atom stereocenters. The molecule has 6 heteroatoms. The Labute approximate surface area is 151 Å². The molecule has 2 atom stereocenters. The Morgan fingerprint density at radius 3 is 2.70 bits per heavy atom. The molecule has 130 valence electrons. The number of hydrogen-bond donors (Lipinski definition) is 2. The van der Waals surface area contributed by atoms with E-state index in [1.807, 2.05) is 0 Å². The molecule has 0 saturated carbocycles. The Morgan fingerprint density at radius 1 is 1.22 bits per heavy atom. The summed E-state index contributed by atoms with van der Waals surface area (Å²) in [7, 11) is 0. The first-order chi connectivity index (χ1) is 10.3. The zero-order chi connectivity index (χ0) is 14.5. The van der Waals surface area contributed by atoms with Crippen LogP contribution in [0.1, 0.15) is 24.8 Å². The summed E-state index contributed by atoms with van der Waals surface area (Å²) in [5.41, 5.74) is 1.36. The standard InChI is InChI=1S/C17H25N3O.2ClH/c21-17(15-8-9-18-11-15)19-12-16-7-4-10-20(16)13-14-5-2-1-3-6-14;;/h1-3,5-6,15-16,18H,4,7-13H2,(H,19,21);2*1H. The normalized spacial score (nSPS) is 23.8. The Morgan fingerprint density at radius 2 is 2.00 bits per heavy atom. The quantitative estimate of drug-likeness (QED) is 0.846. The molecule has 2 fully saturated rings. The SMILES string of the molecule is Cl.Cl.O=C(NCC1CCCN1Cc1ccccc1)C1CCNC1. The molecule has 2 aliphatic heterocycles. The Hall–Kier alpha value is -0.810. The summed E-state index contributed by atoms with van der Waals surface area (Å²) >= 11 is 0. The van der Waals surface area contributed by atoms with E-state index in [1.54, 1.807) is 0 Å². The van der Waals surface area contributed by atoms with Crippen molar-refractivity contribution in [1.82, 2.24) is 15.5 Å². The molecule has 3 rings (SSSR count). The van der Waals surface area contributed by atoms with Gasteiger partial charge in [-0.2, -0.15) is 0 Å². The van der Waals surface area contributed by atoms with E-state index in [0.717, 1.165) is 39.1 Å². The van der Waals surface area contributed by atoms with E-state index in [2.05, 4.69) is 45.9 Å². The van der Waals surface area contributed by atoms with Crippen molar-refractivity contribution in [2.45, 2.75) is 31.8 Å². The smallest absolute Gasteiger partial charge is 0.224 e. The lowest BCUT2D eigenvalue weighted by molar-refractivity contribution is -0.124. The monoisotopic (exact) mass is 359 g/mol. The number of amides is 1. The van der Waals surface area contributed by atoms with Crippen LogP contribution in [0.5, 0.6) is 0 Å². The van der Waals surface area contributed by atoms with Crippen molar-refractivity contribution >= 4 is 30.7 Å². The third-order valence-corrected chi connectivity index (χ3v) is 4.67. The Bertz CT molecular complexity index is 466. The maximum atomic E-state index is 12.1. The lowest BCUT2D eigenvalue weighted by Crippen LogP contribution is -2.42. The molecular formula is C17H27Cl2N3O. The van der Waals surface area contributed by atoms with E-state index in [9.17, 15) is 4.79 Å². The minimum Gasteiger partial charge on any atom is -0.354 e. The summed E-state index contributed by atoms with van der Waals surface area (Å²) in [4.78, 5) is 14.6. The molecular weight excluding hydrogens is 333 g/mol. The van der Waals surface area contributed by atoms with Gasteiger partial charge in [-0.15, -0.1) is 24.8 Å². The molecule has 1 aromatic rings. The number of rotatable bonds is 5. The van der Waals surface area contributed by atoms with E-state index in [-0.39, 0.29) is 36.6 Å². The van der Waals surface area contributed by atoms with Gasteiger partial charge in [0.25, 0.3) is 0 Å². The molecule has 0 radical (unpaired) electrons. The zero-order valence-electron chi connectivity index (χ0n) is 13.4. The van der Waals surface area contributed by atoms with Crippen LogP contribution < -0.4 is 10.6 Å². The van der Waals surface area contributed by atoms with Crippen LogP contribution in [0.4, 0.5) is 0 Å². The van der Waals surface area contributed by atoms with Gasteiger partial charge in [0.05, 0.1) is 5.92 Å². The summed E-state index contributed by atoms with van der Waals surface area (Å²) in [5, 5.41) is 6.41. The maximum Gasteiger partial charge on any atom is 0.224 e. The van der Waals surface area contributed by atoms with Crippen LogP contribution in [0.3, 0.4) is 0 Å². The van der Waals surface area contributed by atoms with Gasteiger partial charge in [-0.1, -0.05) is 30.3 Å². The van der Waals surface area contributed by atoms with Gasteiger partial charge in [0.15, 0.2) is 0 Å². The van der Waals surface area contributed by atoms with Crippen LogP contribution in [0.25, 0.3) is 0 Å². The predicted molar refractivity (Wildman–Crippen MR) is 98.4 cm³/mol.